The summed E-state index contributed by atoms with van der Waals surface area (Å²) in [7, 11) is 0. The fourth-order valence-electron chi connectivity index (χ4n) is 2.69. The van der Waals surface area contributed by atoms with Crippen molar-refractivity contribution in [1.82, 2.24) is 4.90 Å². The lowest BCUT2D eigenvalue weighted by molar-refractivity contribution is -0.189. The molecule has 0 bridgehead atoms. The number of nitrogens with zero attached hydrogens (tertiary/aromatic N) is 1. The van der Waals surface area contributed by atoms with Crippen molar-refractivity contribution in [3.63, 3.8) is 0 Å². The predicted molar refractivity (Wildman–Crippen MR) is 73.0 cm³/mol. The molecule has 0 aromatic carbocycles. The molecule has 1 aliphatic heterocycles. The first-order valence-electron chi connectivity index (χ1n) is 6.32. The van der Waals surface area contributed by atoms with Crippen LogP contribution >= 0.6 is 11.3 Å². The molecule has 2 heterocycles. The number of thiophene rings is 1. The van der Waals surface area contributed by atoms with E-state index in [0.717, 1.165) is 5.56 Å². The predicted octanol–water partition coefficient (Wildman–Crippen LogP) is 4.25. The summed E-state index contributed by atoms with van der Waals surface area (Å²) in [5.74, 6) is -1.48. The van der Waals surface area contributed by atoms with Crippen LogP contribution in [-0.4, -0.2) is 29.2 Å². The first-order valence-corrected chi connectivity index (χ1v) is 7.26. The van der Waals surface area contributed by atoms with Crippen LogP contribution < -0.4 is 5.32 Å². The van der Waals surface area contributed by atoms with Gasteiger partial charge in [-0.2, -0.15) is 13.2 Å². The van der Waals surface area contributed by atoms with E-state index in [1.807, 2.05) is 12.3 Å². The highest BCUT2D eigenvalue weighted by molar-refractivity contribution is 7.08. The summed E-state index contributed by atoms with van der Waals surface area (Å²) in [6.07, 6.45) is -4.33. The number of nitrogens with one attached hydrogen (secondary N) is 1. The third-order valence-corrected chi connectivity index (χ3v) is 4.79. The Morgan fingerprint density at radius 1 is 1.45 bits per heavy atom. The van der Waals surface area contributed by atoms with Crippen LogP contribution in [0.3, 0.4) is 0 Å². The molecule has 1 aliphatic rings. The number of urea groups is 1. The molecule has 1 saturated heterocycles. The monoisotopic (exact) mass is 306 g/mol. The molecule has 1 atom stereocenters. The number of amides is 2. The van der Waals surface area contributed by atoms with Crippen molar-refractivity contribution in [3.8, 4) is 0 Å². The van der Waals surface area contributed by atoms with Gasteiger partial charge in [-0.3, -0.25) is 0 Å². The van der Waals surface area contributed by atoms with Crippen LogP contribution in [0.15, 0.2) is 10.8 Å². The zero-order valence-corrected chi connectivity index (χ0v) is 12.4. The van der Waals surface area contributed by atoms with Gasteiger partial charge in [0.2, 0.25) is 0 Å². The summed E-state index contributed by atoms with van der Waals surface area (Å²) in [5.41, 5.74) is 0.339. The summed E-state index contributed by atoms with van der Waals surface area (Å²) in [6.45, 7) is 4.91. The number of likely N-dealkylation sites (tertiary alicyclic amines) is 1. The van der Waals surface area contributed by atoms with E-state index < -0.39 is 23.7 Å². The molecule has 2 amide bonds. The molecule has 0 radical (unpaired) electrons. The van der Waals surface area contributed by atoms with Crippen LogP contribution in [0.4, 0.5) is 23.7 Å². The number of carbonyl (C=O) groups excluding carboxylic acids is 1. The molecule has 0 unspecified atom stereocenters. The molecule has 1 aromatic heterocycles. The smallest absolute Gasteiger partial charge is 0.319 e. The molecule has 0 saturated carbocycles. The number of rotatable bonds is 1. The van der Waals surface area contributed by atoms with Crippen LogP contribution in [0.5, 0.6) is 0 Å². The van der Waals surface area contributed by atoms with Crippen molar-refractivity contribution < 1.29 is 18.0 Å². The van der Waals surface area contributed by atoms with E-state index >= 15 is 0 Å². The summed E-state index contributed by atoms with van der Waals surface area (Å²) in [5, 5.41) is 6.34. The van der Waals surface area contributed by atoms with Gasteiger partial charge < -0.3 is 10.2 Å². The van der Waals surface area contributed by atoms with E-state index in [1.165, 1.54) is 30.1 Å². The van der Waals surface area contributed by atoms with Crippen LogP contribution in [0.1, 0.15) is 25.8 Å². The van der Waals surface area contributed by atoms with Crippen LogP contribution in [-0.2, 0) is 0 Å². The van der Waals surface area contributed by atoms with Gasteiger partial charge in [-0.25, -0.2) is 4.79 Å². The van der Waals surface area contributed by atoms with E-state index in [1.54, 1.807) is 5.38 Å². The fourth-order valence-corrected chi connectivity index (χ4v) is 3.47. The zero-order valence-electron chi connectivity index (χ0n) is 11.5. The molecule has 7 heteroatoms. The van der Waals surface area contributed by atoms with Gasteiger partial charge in [0.25, 0.3) is 0 Å². The Morgan fingerprint density at radius 3 is 2.55 bits per heavy atom. The Bertz CT molecular complexity index is 510. The number of hydrogen-bond donors (Lipinski definition) is 1. The Balaban J connectivity index is 2.14. The van der Waals surface area contributed by atoms with Crippen molar-refractivity contribution in [1.29, 1.82) is 0 Å². The molecule has 0 spiro atoms. The third kappa shape index (κ3) is 2.63. The van der Waals surface area contributed by atoms with Crippen LogP contribution in [0, 0.1) is 12.8 Å². The van der Waals surface area contributed by atoms with E-state index in [4.69, 9.17) is 0 Å². The molecule has 0 aliphatic carbocycles. The number of aryl methyl sites for hydroxylation is 1. The normalized spacial score (nSPS) is 22.1. The van der Waals surface area contributed by atoms with E-state index in [-0.39, 0.29) is 13.0 Å². The van der Waals surface area contributed by atoms with Gasteiger partial charge in [0.1, 0.15) is 0 Å². The molecule has 20 heavy (non-hydrogen) atoms. The minimum absolute atomic E-state index is 0.0491. The lowest BCUT2D eigenvalue weighted by Gasteiger charge is -2.36. The largest absolute Gasteiger partial charge is 0.394 e. The number of carbonyl (C=O) groups is 1. The first kappa shape index (κ1) is 15.2. The SMILES string of the molecule is Cc1cscc1NC(=O)N1CC[C@@H](C(F)(F)F)C1(C)C. The average molecular weight is 306 g/mol. The van der Waals surface area contributed by atoms with Crippen molar-refractivity contribution in [2.45, 2.75) is 38.9 Å². The molecule has 1 N–H and O–H groups in total. The molecular weight excluding hydrogens is 289 g/mol. The summed E-state index contributed by atoms with van der Waals surface area (Å²) in [6, 6.07) is -0.469. The lowest BCUT2D eigenvalue weighted by atomic mass is 9.88. The summed E-state index contributed by atoms with van der Waals surface area (Å²) in [4.78, 5) is 13.5. The topological polar surface area (TPSA) is 32.3 Å². The first-order chi connectivity index (χ1) is 9.14. The minimum Gasteiger partial charge on any atom is -0.319 e. The van der Waals surface area contributed by atoms with Gasteiger partial charge in [-0.05, 0) is 38.1 Å². The van der Waals surface area contributed by atoms with Gasteiger partial charge in [0.05, 0.1) is 17.1 Å². The number of hydrogen-bond acceptors (Lipinski definition) is 2. The molecular formula is C13H17F3N2OS. The average Bonchev–Trinajstić information content (AvgIpc) is 2.81. The van der Waals surface area contributed by atoms with Gasteiger partial charge in [-0.1, -0.05) is 0 Å². The molecule has 1 aromatic rings. The number of anilines is 1. The van der Waals surface area contributed by atoms with Crippen molar-refractivity contribution in [2.75, 3.05) is 11.9 Å². The van der Waals surface area contributed by atoms with Crippen LogP contribution in [0.25, 0.3) is 0 Å². The van der Waals surface area contributed by atoms with Gasteiger partial charge >= 0.3 is 12.2 Å². The Morgan fingerprint density at radius 2 is 2.10 bits per heavy atom. The lowest BCUT2D eigenvalue weighted by Crippen LogP contribution is -2.51. The number of halogens is 3. The fraction of sp³-hybridized carbons (Fsp3) is 0.615. The summed E-state index contributed by atoms with van der Waals surface area (Å²) >= 11 is 1.44. The molecule has 1 fully saturated rings. The second-order valence-corrected chi connectivity index (χ2v) is 6.33. The summed E-state index contributed by atoms with van der Waals surface area (Å²) < 4.78 is 38.9. The Hall–Kier alpha value is -1.24. The van der Waals surface area contributed by atoms with Gasteiger partial charge in [0.15, 0.2) is 0 Å². The highest BCUT2D eigenvalue weighted by atomic mass is 32.1. The third-order valence-electron chi connectivity index (χ3n) is 3.93. The molecule has 112 valence electrons. The Kier molecular flexibility index (Phi) is 3.75. The van der Waals surface area contributed by atoms with E-state index in [0.29, 0.717) is 5.69 Å². The molecule has 3 nitrogen and oxygen atoms in total. The van der Waals surface area contributed by atoms with Crippen molar-refractivity contribution in [2.24, 2.45) is 5.92 Å². The highest BCUT2D eigenvalue weighted by Crippen LogP contribution is 2.44. The maximum atomic E-state index is 13.0. The Labute approximate surface area is 119 Å². The van der Waals surface area contributed by atoms with Crippen LogP contribution in [0.2, 0.25) is 0 Å². The standard InChI is InChI=1S/C13H17F3N2OS/c1-8-6-20-7-9(8)17-11(19)18-5-4-10(12(18,2)3)13(14,15)16/h6-7,10H,4-5H2,1-3H3,(H,17,19)/t10-/m1/s1. The van der Waals surface area contributed by atoms with Gasteiger partial charge in [0, 0.05) is 11.9 Å². The molecule has 2 rings (SSSR count). The van der Waals surface area contributed by atoms with Gasteiger partial charge in [-0.15, -0.1) is 11.3 Å². The van der Waals surface area contributed by atoms with Crippen molar-refractivity contribution in [3.05, 3.63) is 16.3 Å². The van der Waals surface area contributed by atoms with E-state index in [2.05, 4.69) is 5.32 Å². The highest BCUT2D eigenvalue weighted by Gasteiger charge is 2.56. The van der Waals surface area contributed by atoms with E-state index in [9.17, 15) is 18.0 Å². The maximum absolute atomic E-state index is 13.0. The quantitative estimate of drug-likeness (QED) is 0.826. The number of alkyl halides is 3. The maximum Gasteiger partial charge on any atom is 0.394 e. The zero-order chi connectivity index (χ0) is 15.1. The minimum atomic E-state index is -4.28. The van der Waals surface area contributed by atoms with Crippen molar-refractivity contribution >= 4 is 23.1 Å². The second kappa shape index (κ2) is 4.95. The second-order valence-electron chi connectivity index (χ2n) is 5.59.